The van der Waals surface area contributed by atoms with E-state index >= 15 is 0 Å². The number of aliphatic hydroxyl groups is 1. The molecule has 3 heteroatoms. The minimum atomic E-state index is -0.508. The Morgan fingerprint density at radius 3 is 2.32 bits per heavy atom. The van der Waals surface area contributed by atoms with Gasteiger partial charge in [-0.15, -0.1) is 0 Å². The maximum absolute atomic E-state index is 12.8. The van der Waals surface area contributed by atoms with Crippen molar-refractivity contribution in [1.82, 2.24) is 4.90 Å². The third kappa shape index (κ3) is 4.16. The van der Waals surface area contributed by atoms with E-state index in [1.807, 2.05) is 42.3 Å². The summed E-state index contributed by atoms with van der Waals surface area (Å²) in [4.78, 5) is 2.02. The average Bonchev–Trinajstić information content (AvgIpc) is 2.42. The summed E-state index contributed by atoms with van der Waals surface area (Å²) in [5.74, 6) is -0.226. The van der Waals surface area contributed by atoms with E-state index in [0.29, 0.717) is 13.1 Å². The zero-order chi connectivity index (χ0) is 13.7. The summed E-state index contributed by atoms with van der Waals surface area (Å²) in [6, 6.07) is 16.0. The highest BCUT2D eigenvalue weighted by atomic mass is 19.1. The van der Waals surface area contributed by atoms with E-state index in [1.165, 1.54) is 12.1 Å². The van der Waals surface area contributed by atoms with Crippen LogP contribution in [-0.2, 0) is 6.54 Å². The average molecular weight is 259 g/mol. The Morgan fingerprint density at radius 1 is 1.05 bits per heavy atom. The predicted octanol–water partition coefficient (Wildman–Crippen LogP) is 2.99. The molecule has 0 aromatic heterocycles. The van der Waals surface area contributed by atoms with Crippen LogP contribution in [0.5, 0.6) is 0 Å². The maximum Gasteiger partial charge on any atom is 0.123 e. The van der Waals surface area contributed by atoms with Crippen LogP contribution in [0.15, 0.2) is 54.6 Å². The minimum Gasteiger partial charge on any atom is -0.387 e. The molecule has 2 nitrogen and oxygen atoms in total. The second-order valence-corrected chi connectivity index (χ2v) is 4.75. The number of likely N-dealkylation sites (N-methyl/N-ethyl adjacent to an activating group) is 1. The van der Waals surface area contributed by atoms with Crippen molar-refractivity contribution in [2.75, 3.05) is 13.6 Å². The molecule has 2 aromatic carbocycles. The monoisotopic (exact) mass is 259 g/mol. The molecule has 0 saturated carbocycles. The molecular weight excluding hydrogens is 241 g/mol. The van der Waals surface area contributed by atoms with E-state index in [1.54, 1.807) is 12.1 Å². The van der Waals surface area contributed by atoms with Gasteiger partial charge in [-0.25, -0.2) is 4.39 Å². The Hall–Kier alpha value is -1.71. The van der Waals surface area contributed by atoms with Crippen molar-refractivity contribution >= 4 is 0 Å². The number of hydrogen-bond donors (Lipinski definition) is 1. The van der Waals surface area contributed by atoms with Gasteiger partial charge < -0.3 is 5.11 Å². The van der Waals surface area contributed by atoms with Crippen LogP contribution in [0.4, 0.5) is 4.39 Å². The molecule has 0 fully saturated rings. The van der Waals surface area contributed by atoms with Gasteiger partial charge in [-0.3, -0.25) is 4.90 Å². The molecule has 0 saturated heterocycles. The zero-order valence-corrected chi connectivity index (χ0v) is 11.0. The summed E-state index contributed by atoms with van der Waals surface area (Å²) in [5.41, 5.74) is 1.94. The fourth-order valence-corrected chi connectivity index (χ4v) is 2.04. The molecule has 2 aromatic rings. The van der Waals surface area contributed by atoms with Crippen molar-refractivity contribution in [2.24, 2.45) is 0 Å². The summed E-state index contributed by atoms with van der Waals surface area (Å²) in [6.07, 6.45) is -0.508. The number of rotatable bonds is 5. The Labute approximate surface area is 113 Å². The Balaban J connectivity index is 1.90. The van der Waals surface area contributed by atoms with E-state index in [4.69, 9.17) is 0 Å². The number of benzene rings is 2. The third-order valence-corrected chi connectivity index (χ3v) is 3.03. The van der Waals surface area contributed by atoms with Crippen molar-refractivity contribution in [3.05, 3.63) is 71.5 Å². The molecule has 2 rings (SSSR count). The van der Waals surface area contributed by atoms with Crippen LogP contribution in [0.2, 0.25) is 0 Å². The lowest BCUT2D eigenvalue weighted by Crippen LogP contribution is -2.24. The molecular formula is C16H18FNO. The molecule has 1 atom stereocenters. The lowest BCUT2D eigenvalue weighted by atomic mass is 10.1. The standard InChI is InChI=1S/C16H18FNO/c1-18(11-13-7-9-15(17)10-8-13)12-16(19)14-5-3-2-4-6-14/h2-10,16,19H,11-12H2,1H3/t16-/m0/s1. The Kier molecular flexibility index (Phi) is 4.66. The second-order valence-electron chi connectivity index (χ2n) is 4.75. The first-order valence-corrected chi connectivity index (χ1v) is 6.31. The van der Waals surface area contributed by atoms with Crippen LogP contribution >= 0.6 is 0 Å². The van der Waals surface area contributed by atoms with Crippen molar-refractivity contribution < 1.29 is 9.50 Å². The summed E-state index contributed by atoms with van der Waals surface area (Å²) >= 11 is 0. The Bertz CT molecular complexity index is 498. The highest BCUT2D eigenvalue weighted by molar-refractivity contribution is 5.18. The topological polar surface area (TPSA) is 23.5 Å². The number of halogens is 1. The van der Waals surface area contributed by atoms with Gasteiger partial charge >= 0.3 is 0 Å². The van der Waals surface area contributed by atoms with Crippen LogP contribution in [0.1, 0.15) is 17.2 Å². The molecule has 0 amide bonds. The first-order valence-electron chi connectivity index (χ1n) is 6.31. The summed E-state index contributed by atoms with van der Waals surface area (Å²) in [7, 11) is 1.94. The van der Waals surface area contributed by atoms with Gasteiger partial charge in [-0.2, -0.15) is 0 Å². The highest BCUT2D eigenvalue weighted by Gasteiger charge is 2.10. The molecule has 0 heterocycles. The van der Waals surface area contributed by atoms with Gasteiger partial charge in [0.05, 0.1) is 6.10 Å². The quantitative estimate of drug-likeness (QED) is 0.892. The summed E-state index contributed by atoms with van der Waals surface area (Å²) in [5, 5.41) is 10.1. The largest absolute Gasteiger partial charge is 0.387 e. The van der Waals surface area contributed by atoms with E-state index < -0.39 is 6.10 Å². The molecule has 0 bridgehead atoms. The van der Waals surface area contributed by atoms with Gasteiger partial charge in [0.2, 0.25) is 0 Å². The van der Waals surface area contributed by atoms with E-state index in [-0.39, 0.29) is 5.82 Å². The first kappa shape index (κ1) is 13.7. The predicted molar refractivity (Wildman–Crippen MR) is 74.1 cm³/mol. The van der Waals surface area contributed by atoms with Gasteiger partial charge in [0, 0.05) is 13.1 Å². The highest BCUT2D eigenvalue weighted by Crippen LogP contribution is 2.14. The van der Waals surface area contributed by atoms with Crippen molar-refractivity contribution in [2.45, 2.75) is 12.6 Å². The van der Waals surface area contributed by atoms with Crippen molar-refractivity contribution in [1.29, 1.82) is 0 Å². The SMILES string of the molecule is CN(Cc1ccc(F)cc1)C[C@H](O)c1ccccc1. The van der Waals surface area contributed by atoms with Gasteiger partial charge in [0.15, 0.2) is 0 Å². The molecule has 0 spiro atoms. The fourth-order valence-electron chi connectivity index (χ4n) is 2.04. The van der Waals surface area contributed by atoms with Gasteiger partial charge in [0.1, 0.15) is 5.82 Å². The molecule has 0 radical (unpaired) electrons. The molecule has 0 unspecified atom stereocenters. The van der Waals surface area contributed by atoms with Crippen LogP contribution in [0.25, 0.3) is 0 Å². The molecule has 100 valence electrons. The Morgan fingerprint density at radius 2 is 1.68 bits per heavy atom. The van der Waals surface area contributed by atoms with Gasteiger partial charge in [0.25, 0.3) is 0 Å². The third-order valence-electron chi connectivity index (χ3n) is 3.03. The molecule has 0 aliphatic rings. The molecule has 19 heavy (non-hydrogen) atoms. The van der Waals surface area contributed by atoms with E-state index in [9.17, 15) is 9.50 Å². The van der Waals surface area contributed by atoms with Crippen LogP contribution in [-0.4, -0.2) is 23.6 Å². The first-order chi connectivity index (χ1) is 9.15. The number of nitrogens with zero attached hydrogens (tertiary/aromatic N) is 1. The summed E-state index contributed by atoms with van der Waals surface area (Å²) < 4.78 is 12.8. The van der Waals surface area contributed by atoms with E-state index in [2.05, 4.69) is 0 Å². The van der Waals surface area contributed by atoms with Crippen molar-refractivity contribution in [3.8, 4) is 0 Å². The van der Waals surface area contributed by atoms with Crippen molar-refractivity contribution in [3.63, 3.8) is 0 Å². The smallest absolute Gasteiger partial charge is 0.123 e. The van der Waals surface area contributed by atoms with Crippen LogP contribution in [0.3, 0.4) is 0 Å². The maximum atomic E-state index is 12.8. The number of aliphatic hydroxyl groups excluding tert-OH is 1. The normalized spacial score (nSPS) is 12.6. The van der Waals surface area contributed by atoms with E-state index in [0.717, 1.165) is 11.1 Å². The second kappa shape index (κ2) is 6.45. The number of hydrogen-bond acceptors (Lipinski definition) is 2. The minimum absolute atomic E-state index is 0.226. The molecule has 1 N–H and O–H groups in total. The van der Waals surface area contributed by atoms with Crippen LogP contribution in [0, 0.1) is 5.82 Å². The van der Waals surface area contributed by atoms with Crippen LogP contribution < -0.4 is 0 Å². The fraction of sp³-hybridized carbons (Fsp3) is 0.250. The lowest BCUT2D eigenvalue weighted by Gasteiger charge is -2.20. The summed E-state index contributed by atoms with van der Waals surface area (Å²) in [6.45, 7) is 1.23. The van der Waals surface area contributed by atoms with Gasteiger partial charge in [-0.1, -0.05) is 42.5 Å². The molecule has 0 aliphatic carbocycles. The zero-order valence-electron chi connectivity index (χ0n) is 11.0. The van der Waals surface area contributed by atoms with Gasteiger partial charge in [-0.05, 0) is 30.3 Å². The molecule has 0 aliphatic heterocycles. The lowest BCUT2D eigenvalue weighted by molar-refractivity contribution is 0.124.